The van der Waals surface area contributed by atoms with Gasteiger partial charge in [0.2, 0.25) is 0 Å². The van der Waals surface area contributed by atoms with Crippen LogP contribution in [0.1, 0.15) is 42.6 Å². The van der Waals surface area contributed by atoms with Gasteiger partial charge in [0, 0.05) is 25.7 Å². The lowest BCUT2D eigenvalue weighted by atomic mass is 10.1. The molecular formula is C21H23N5O3. The normalized spacial score (nSPS) is 20.9. The molecule has 2 fully saturated rings. The maximum Gasteiger partial charge on any atom is 0.329 e. The summed E-state index contributed by atoms with van der Waals surface area (Å²) in [4.78, 5) is 38.3. The second-order valence-electron chi connectivity index (χ2n) is 8.09. The van der Waals surface area contributed by atoms with Gasteiger partial charge in [-0.05, 0) is 49.9 Å². The number of ketones is 1. The SMILES string of the molecule is O=C(CCC1(O)CC1)c1ccc2c(n1)N(C(=O)Nc1ccccn1)[C@H]1CCN2C1. The second-order valence-corrected chi connectivity index (χ2v) is 8.09. The third-order valence-corrected chi connectivity index (χ3v) is 6.00. The Labute approximate surface area is 168 Å². The minimum Gasteiger partial charge on any atom is -0.390 e. The molecule has 0 spiro atoms. The summed E-state index contributed by atoms with van der Waals surface area (Å²) in [5, 5.41) is 12.8. The van der Waals surface area contributed by atoms with Crippen LogP contribution < -0.4 is 15.1 Å². The number of urea groups is 1. The van der Waals surface area contributed by atoms with Crippen LogP contribution in [0.4, 0.5) is 22.1 Å². The van der Waals surface area contributed by atoms with E-state index in [0.717, 1.165) is 38.0 Å². The summed E-state index contributed by atoms with van der Waals surface area (Å²) in [6, 6.07) is 8.66. The zero-order valence-corrected chi connectivity index (χ0v) is 16.0. The van der Waals surface area contributed by atoms with Crippen LogP contribution in [0.15, 0.2) is 36.5 Å². The molecule has 1 atom stereocenters. The molecule has 1 aliphatic carbocycles. The van der Waals surface area contributed by atoms with E-state index in [-0.39, 0.29) is 24.3 Å². The molecule has 2 N–H and O–H groups in total. The lowest BCUT2D eigenvalue weighted by molar-refractivity contribution is 0.0910. The Morgan fingerprint density at radius 1 is 1.24 bits per heavy atom. The van der Waals surface area contributed by atoms with Gasteiger partial charge in [0.25, 0.3) is 0 Å². The number of carbonyl (C=O) groups is 2. The van der Waals surface area contributed by atoms with Crippen molar-refractivity contribution in [2.24, 2.45) is 0 Å². The van der Waals surface area contributed by atoms with Crippen LogP contribution in [0.25, 0.3) is 0 Å². The topological polar surface area (TPSA) is 98.7 Å². The molecule has 0 unspecified atom stereocenters. The molecular weight excluding hydrogens is 370 g/mol. The Hall–Kier alpha value is -3.00. The van der Waals surface area contributed by atoms with Gasteiger partial charge in [-0.25, -0.2) is 14.8 Å². The third-order valence-electron chi connectivity index (χ3n) is 6.00. The molecule has 0 aromatic carbocycles. The second kappa shape index (κ2) is 6.81. The van der Waals surface area contributed by atoms with Crippen molar-refractivity contribution in [3.8, 4) is 0 Å². The number of fused-ring (bicyclic) bond motifs is 4. The number of hydrogen-bond acceptors (Lipinski definition) is 6. The number of aliphatic hydroxyl groups is 1. The Bertz CT molecular complexity index is 960. The van der Waals surface area contributed by atoms with Gasteiger partial charge >= 0.3 is 6.03 Å². The van der Waals surface area contributed by atoms with Crippen molar-refractivity contribution in [1.82, 2.24) is 9.97 Å². The first-order chi connectivity index (χ1) is 14.0. The summed E-state index contributed by atoms with van der Waals surface area (Å²) in [6.07, 6.45) is 4.72. The van der Waals surface area contributed by atoms with Gasteiger partial charge in [-0.3, -0.25) is 15.0 Å². The molecule has 0 radical (unpaired) electrons. The summed E-state index contributed by atoms with van der Waals surface area (Å²) >= 11 is 0. The van der Waals surface area contributed by atoms with Crippen molar-refractivity contribution in [2.45, 2.75) is 43.7 Å². The van der Waals surface area contributed by atoms with E-state index in [2.05, 4.69) is 20.2 Å². The van der Waals surface area contributed by atoms with E-state index in [9.17, 15) is 14.7 Å². The Kier molecular flexibility index (Phi) is 4.24. The molecule has 150 valence electrons. The van der Waals surface area contributed by atoms with Crippen LogP contribution in [-0.4, -0.2) is 51.6 Å². The van der Waals surface area contributed by atoms with Gasteiger partial charge in [-0.1, -0.05) is 6.07 Å². The Morgan fingerprint density at radius 3 is 2.86 bits per heavy atom. The lowest BCUT2D eigenvalue weighted by Gasteiger charge is -2.35. The summed E-state index contributed by atoms with van der Waals surface area (Å²) < 4.78 is 0. The first-order valence-electron chi connectivity index (χ1n) is 10.1. The third kappa shape index (κ3) is 3.44. The van der Waals surface area contributed by atoms with Crippen LogP contribution in [0.5, 0.6) is 0 Å². The summed E-state index contributed by atoms with van der Waals surface area (Å²) in [7, 11) is 0. The summed E-state index contributed by atoms with van der Waals surface area (Å²) in [5.74, 6) is 0.888. The number of hydrogen-bond donors (Lipinski definition) is 2. The standard InChI is InChI=1S/C21H23N5O3/c27-17(6-8-21(29)9-10-21)15-4-5-16-19(23-15)26(14-7-12-25(16)13-14)20(28)24-18-3-1-2-11-22-18/h1-5,11,14,29H,6-10,12-13H2,(H,22,24,28)/t14-/m0/s1. The van der Waals surface area contributed by atoms with Gasteiger partial charge in [0.1, 0.15) is 11.5 Å². The average molecular weight is 393 g/mol. The molecule has 1 saturated heterocycles. The lowest BCUT2D eigenvalue weighted by Crippen LogP contribution is -2.48. The number of carbonyl (C=O) groups excluding carboxylic acids is 2. The number of nitrogens with zero attached hydrogens (tertiary/aromatic N) is 4. The number of pyridine rings is 2. The van der Waals surface area contributed by atoms with Gasteiger partial charge < -0.3 is 10.0 Å². The fraction of sp³-hybridized carbons (Fsp3) is 0.429. The minimum atomic E-state index is -0.663. The van der Waals surface area contributed by atoms with Crippen LogP contribution in [-0.2, 0) is 0 Å². The first kappa shape index (κ1) is 18.1. The molecule has 1 saturated carbocycles. The molecule has 5 rings (SSSR count). The molecule has 2 aliphatic heterocycles. The van der Waals surface area contributed by atoms with Crippen molar-refractivity contribution in [3.63, 3.8) is 0 Å². The largest absolute Gasteiger partial charge is 0.390 e. The summed E-state index contributed by atoms with van der Waals surface area (Å²) in [5.41, 5.74) is 0.543. The van der Waals surface area contributed by atoms with E-state index in [0.29, 0.717) is 23.8 Å². The first-order valence-corrected chi connectivity index (χ1v) is 10.1. The number of aromatic nitrogens is 2. The quantitative estimate of drug-likeness (QED) is 0.758. The van der Waals surface area contributed by atoms with E-state index < -0.39 is 5.60 Å². The molecule has 2 amide bonds. The molecule has 2 aromatic heterocycles. The molecule has 8 heteroatoms. The Balaban J connectivity index is 1.42. The van der Waals surface area contributed by atoms with Crippen molar-refractivity contribution < 1.29 is 14.7 Å². The maximum atomic E-state index is 13.1. The van der Waals surface area contributed by atoms with Crippen molar-refractivity contribution in [2.75, 3.05) is 28.2 Å². The molecule has 2 aromatic rings. The van der Waals surface area contributed by atoms with E-state index >= 15 is 0 Å². The zero-order valence-electron chi connectivity index (χ0n) is 16.0. The average Bonchev–Trinajstić information content (AvgIpc) is 3.33. The fourth-order valence-electron chi connectivity index (χ4n) is 4.10. The molecule has 29 heavy (non-hydrogen) atoms. The maximum absolute atomic E-state index is 13.1. The highest BCUT2D eigenvalue weighted by Crippen LogP contribution is 2.41. The number of anilines is 3. The van der Waals surface area contributed by atoms with Crippen LogP contribution >= 0.6 is 0 Å². The number of nitrogens with one attached hydrogen (secondary N) is 1. The highest BCUT2D eigenvalue weighted by atomic mass is 16.3. The van der Waals surface area contributed by atoms with Crippen molar-refractivity contribution in [1.29, 1.82) is 0 Å². The monoisotopic (exact) mass is 393 g/mol. The number of Topliss-reactive ketones (excluding diaryl/α,β-unsaturated/α-hetero) is 1. The van der Waals surface area contributed by atoms with Crippen LogP contribution in [0.2, 0.25) is 0 Å². The highest BCUT2D eigenvalue weighted by Gasteiger charge is 2.42. The fourth-order valence-corrected chi connectivity index (χ4v) is 4.10. The molecule has 4 heterocycles. The van der Waals surface area contributed by atoms with Gasteiger partial charge in [-0.2, -0.15) is 0 Å². The van der Waals surface area contributed by atoms with E-state index in [1.807, 2.05) is 12.1 Å². The van der Waals surface area contributed by atoms with Crippen molar-refractivity contribution >= 4 is 29.1 Å². The molecule has 8 nitrogen and oxygen atoms in total. The van der Waals surface area contributed by atoms with Crippen LogP contribution in [0.3, 0.4) is 0 Å². The van der Waals surface area contributed by atoms with E-state index in [4.69, 9.17) is 0 Å². The highest BCUT2D eigenvalue weighted by molar-refractivity contribution is 6.05. The summed E-state index contributed by atoms with van der Waals surface area (Å²) in [6.45, 7) is 1.61. The van der Waals surface area contributed by atoms with Gasteiger partial charge in [0.15, 0.2) is 11.6 Å². The van der Waals surface area contributed by atoms with Gasteiger partial charge in [0.05, 0.1) is 17.3 Å². The predicted octanol–water partition coefficient (Wildman–Crippen LogP) is 2.60. The van der Waals surface area contributed by atoms with Gasteiger partial charge in [-0.15, -0.1) is 0 Å². The van der Waals surface area contributed by atoms with E-state index in [1.165, 1.54) is 0 Å². The van der Waals surface area contributed by atoms with E-state index in [1.54, 1.807) is 29.3 Å². The van der Waals surface area contributed by atoms with Crippen LogP contribution in [0, 0.1) is 0 Å². The zero-order chi connectivity index (χ0) is 20.0. The molecule has 2 bridgehead atoms. The number of rotatable bonds is 5. The number of amides is 2. The molecule has 3 aliphatic rings. The minimum absolute atomic E-state index is 0.0104. The van der Waals surface area contributed by atoms with Crippen molar-refractivity contribution in [3.05, 3.63) is 42.2 Å². The smallest absolute Gasteiger partial charge is 0.329 e. The predicted molar refractivity (Wildman–Crippen MR) is 108 cm³/mol. The Morgan fingerprint density at radius 2 is 2.10 bits per heavy atom.